The molecule has 0 aromatic heterocycles. The molecule has 4 heteroatoms. The van der Waals surface area contributed by atoms with Crippen LogP contribution in [0.3, 0.4) is 0 Å². The lowest BCUT2D eigenvalue weighted by molar-refractivity contribution is 0.566. The van der Waals surface area contributed by atoms with Crippen LogP contribution in [0.5, 0.6) is 0 Å². The number of hydrogen-bond acceptors (Lipinski definition) is 1. The van der Waals surface area contributed by atoms with Crippen molar-refractivity contribution in [1.29, 1.82) is 0 Å². The first kappa shape index (κ1) is 12.0. The highest BCUT2D eigenvalue weighted by atomic mass is 32.2. The van der Waals surface area contributed by atoms with E-state index in [1.807, 2.05) is 0 Å². The van der Waals surface area contributed by atoms with Gasteiger partial charge in [0.15, 0.2) is 0 Å². The molecule has 0 nitrogen and oxygen atoms in total. The van der Waals surface area contributed by atoms with Gasteiger partial charge in [-0.1, -0.05) is 12.1 Å². The molecule has 0 saturated heterocycles. The summed E-state index contributed by atoms with van der Waals surface area (Å²) in [7, 11) is 0. The molecule has 0 bridgehead atoms. The molecule has 88 valence electrons. The Hall–Kier alpha value is -1.42. The lowest BCUT2D eigenvalue weighted by Crippen LogP contribution is -1.92. The number of halogens is 3. The van der Waals surface area contributed by atoms with E-state index >= 15 is 0 Å². The molecule has 0 unspecified atom stereocenters. The monoisotopic (exact) mass is 254 g/mol. The van der Waals surface area contributed by atoms with Crippen LogP contribution in [0.1, 0.15) is 5.56 Å². The number of thioether (sulfide) groups is 1. The van der Waals surface area contributed by atoms with Gasteiger partial charge in [0.25, 0.3) is 0 Å². The Bertz CT molecular complexity index is 506. The minimum absolute atomic E-state index is 0.0155. The largest absolute Gasteiger partial charge is 0.207 e. The maximum absolute atomic E-state index is 13.3. The van der Waals surface area contributed by atoms with Crippen molar-refractivity contribution >= 4 is 11.8 Å². The molecule has 0 spiro atoms. The highest BCUT2D eigenvalue weighted by Gasteiger charge is 2.08. The summed E-state index contributed by atoms with van der Waals surface area (Å²) in [6.45, 7) is 0. The molecule has 0 N–H and O–H groups in total. The standard InChI is InChI=1S/C13H9F3S/c14-9-3-1-4-10(7-9)17-8-11-12(15)5-2-6-13(11)16/h1-7H,8H2. The zero-order valence-electron chi connectivity index (χ0n) is 8.79. The fourth-order valence-electron chi connectivity index (χ4n) is 1.38. The van der Waals surface area contributed by atoms with Crippen LogP contribution >= 0.6 is 11.8 Å². The Morgan fingerprint density at radius 1 is 0.882 bits per heavy atom. The number of benzene rings is 2. The van der Waals surface area contributed by atoms with E-state index in [4.69, 9.17) is 0 Å². The van der Waals surface area contributed by atoms with Gasteiger partial charge >= 0.3 is 0 Å². The third kappa shape index (κ3) is 3.03. The average molecular weight is 254 g/mol. The molecule has 0 fully saturated rings. The number of rotatable bonds is 3. The lowest BCUT2D eigenvalue weighted by atomic mass is 10.2. The number of hydrogen-bond donors (Lipinski definition) is 0. The van der Waals surface area contributed by atoms with Gasteiger partial charge in [-0.2, -0.15) is 0 Å². The Balaban J connectivity index is 2.13. The minimum Gasteiger partial charge on any atom is -0.207 e. The maximum atomic E-state index is 13.3. The first-order valence-electron chi connectivity index (χ1n) is 4.98. The topological polar surface area (TPSA) is 0 Å². The van der Waals surface area contributed by atoms with Crippen LogP contribution < -0.4 is 0 Å². The second-order valence-corrected chi connectivity index (χ2v) is 4.50. The van der Waals surface area contributed by atoms with E-state index in [0.717, 1.165) is 0 Å². The van der Waals surface area contributed by atoms with Crippen molar-refractivity contribution in [3.8, 4) is 0 Å². The Morgan fingerprint density at radius 2 is 1.53 bits per heavy atom. The first-order chi connectivity index (χ1) is 8.16. The van der Waals surface area contributed by atoms with Crippen molar-refractivity contribution in [2.75, 3.05) is 0 Å². The van der Waals surface area contributed by atoms with Crippen molar-refractivity contribution in [3.63, 3.8) is 0 Å². The Labute approximate surface area is 101 Å². The van der Waals surface area contributed by atoms with E-state index in [2.05, 4.69) is 0 Å². The smallest absolute Gasteiger partial charge is 0.130 e. The van der Waals surface area contributed by atoms with Crippen LogP contribution in [0.4, 0.5) is 13.2 Å². The second kappa shape index (κ2) is 5.27. The van der Waals surface area contributed by atoms with E-state index in [1.54, 1.807) is 12.1 Å². The average Bonchev–Trinajstić information content (AvgIpc) is 2.28. The fourth-order valence-corrected chi connectivity index (χ4v) is 2.34. The van der Waals surface area contributed by atoms with Gasteiger partial charge in [-0.3, -0.25) is 0 Å². The van der Waals surface area contributed by atoms with Gasteiger partial charge in [0.05, 0.1) is 0 Å². The van der Waals surface area contributed by atoms with E-state index in [9.17, 15) is 13.2 Å². The molecular formula is C13H9F3S. The zero-order valence-corrected chi connectivity index (χ0v) is 9.61. The summed E-state index contributed by atoms with van der Waals surface area (Å²) >= 11 is 1.20. The summed E-state index contributed by atoms with van der Waals surface area (Å²) in [6, 6.07) is 9.68. The van der Waals surface area contributed by atoms with Crippen molar-refractivity contribution < 1.29 is 13.2 Å². The molecule has 0 aliphatic heterocycles. The van der Waals surface area contributed by atoms with Gasteiger partial charge in [-0.05, 0) is 30.3 Å². The van der Waals surface area contributed by atoms with Gasteiger partial charge < -0.3 is 0 Å². The molecule has 17 heavy (non-hydrogen) atoms. The summed E-state index contributed by atoms with van der Waals surface area (Å²) in [5.74, 6) is -1.37. The van der Waals surface area contributed by atoms with Crippen LogP contribution in [0, 0.1) is 17.5 Å². The van der Waals surface area contributed by atoms with E-state index in [0.29, 0.717) is 4.90 Å². The van der Waals surface area contributed by atoms with Gasteiger partial charge in [0.1, 0.15) is 17.5 Å². The highest BCUT2D eigenvalue weighted by Crippen LogP contribution is 2.25. The lowest BCUT2D eigenvalue weighted by Gasteiger charge is -2.04. The molecule has 2 rings (SSSR count). The second-order valence-electron chi connectivity index (χ2n) is 3.45. The van der Waals surface area contributed by atoms with Crippen molar-refractivity contribution in [1.82, 2.24) is 0 Å². The molecule has 2 aromatic carbocycles. The molecule has 0 saturated carbocycles. The predicted molar refractivity (Wildman–Crippen MR) is 62.3 cm³/mol. The first-order valence-corrected chi connectivity index (χ1v) is 5.96. The summed E-state index contributed by atoms with van der Waals surface area (Å²) in [4.78, 5) is 0.646. The third-order valence-corrected chi connectivity index (χ3v) is 3.26. The predicted octanol–water partition coefficient (Wildman–Crippen LogP) is 4.40. The van der Waals surface area contributed by atoms with Crippen molar-refractivity contribution in [3.05, 3.63) is 65.5 Å². The summed E-state index contributed by atoms with van der Waals surface area (Å²) in [5.41, 5.74) is 0.0155. The Kier molecular flexibility index (Phi) is 3.74. The maximum Gasteiger partial charge on any atom is 0.130 e. The van der Waals surface area contributed by atoms with Crippen LogP contribution in [0.15, 0.2) is 47.4 Å². The molecule has 0 heterocycles. The zero-order chi connectivity index (χ0) is 12.3. The van der Waals surface area contributed by atoms with Crippen molar-refractivity contribution in [2.45, 2.75) is 10.6 Å². The van der Waals surface area contributed by atoms with Gasteiger partial charge in [-0.25, -0.2) is 13.2 Å². The van der Waals surface area contributed by atoms with Crippen LogP contribution in [0.25, 0.3) is 0 Å². The minimum atomic E-state index is -0.575. The van der Waals surface area contributed by atoms with Gasteiger partial charge in [0.2, 0.25) is 0 Å². The molecule has 0 atom stereocenters. The van der Waals surface area contributed by atoms with E-state index < -0.39 is 11.6 Å². The third-order valence-electron chi connectivity index (χ3n) is 2.24. The van der Waals surface area contributed by atoms with Gasteiger partial charge in [-0.15, -0.1) is 11.8 Å². The molecule has 0 aliphatic rings. The normalized spacial score (nSPS) is 10.5. The highest BCUT2D eigenvalue weighted by molar-refractivity contribution is 7.98. The molecule has 2 aromatic rings. The summed E-state index contributed by atoms with van der Waals surface area (Å²) < 4.78 is 39.5. The van der Waals surface area contributed by atoms with E-state index in [-0.39, 0.29) is 17.1 Å². The summed E-state index contributed by atoms with van der Waals surface area (Å²) in [5, 5.41) is 0. The Morgan fingerprint density at radius 3 is 2.18 bits per heavy atom. The molecule has 0 radical (unpaired) electrons. The SMILES string of the molecule is Fc1cccc(SCc2c(F)cccc2F)c1. The molecular weight excluding hydrogens is 245 g/mol. The van der Waals surface area contributed by atoms with Crippen LogP contribution in [-0.4, -0.2) is 0 Å². The summed E-state index contributed by atoms with van der Waals surface area (Å²) in [6.07, 6.45) is 0. The van der Waals surface area contributed by atoms with E-state index in [1.165, 1.54) is 42.1 Å². The van der Waals surface area contributed by atoms with Crippen LogP contribution in [0.2, 0.25) is 0 Å². The molecule has 0 aliphatic carbocycles. The van der Waals surface area contributed by atoms with Crippen molar-refractivity contribution in [2.24, 2.45) is 0 Å². The quantitative estimate of drug-likeness (QED) is 0.732. The van der Waals surface area contributed by atoms with Gasteiger partial charge in [0, 0.05) is 16.2 Å². The van der Waals surface area contributed by atoms with Crippen LogP contribution in [-0.2, 0) is 5.75 Å². The fraction of sp³-hybridized carbons (Fsp3) is 0.0769. The molecule has 0 amide bonds.